The third kappa shape index (κ3) is 7.12. The number of alkyl halides is 3. The molecule has 2 rings (SSSR count). The Morgan fingerprint density at radius 2 is 1.52 bits per heavy atom. The van der Waals surface area contributed by atoms with E-state index in [1.54, 1.807) is 0 Å². The van der Waals surface area contributed by atoms with Gasteiger partial charge in [-0.1, -0.05) is 35.4 Å². The lowest BCUT2D eigenvalue weighted by Gasteiger charge is -2.08. The van der Waals surface area contributed by atoms with E-state index in [-0.39, 0.29) is 21.2 Å². The van der Waals surface area contributed by atoms with Crippen LogP contribution in [0.4, 0.5) is 13.2 Å². The Hall–Kier alpha value is -0.840. The molecule has 0 heterocycles. The van der Waals surface area contributed by atoms with E-state index in [0.29, 0.717) is 0 Å². The van der Waals surface area contributed by atoms with Gasteiger partial charge in [0.15, 0.2) is 17.3 Å². The van der Waals surface area contributed by atoms with Gasteiger partial charge in [0.1, 0.15) is 0 Å². The Labute approximate surface area is 160 Å². The van der Waals surface area contributed by atoms with Crippen LogP contribution in [0.2, 0.25) is 5.02 Å². The number of benzene rings is 2. The zero-order valence-electron chi connectivity index (χ0n) is 13.5. The summed E-state index contributed by atoms with van der Waals surface area (Å²) in [5, 5.41) is 0.838. The van der Waals surface area contributed by atoms with E-state index in [1.807, 2.05) is 12.1 Å². The molecule has 2 aromatic rings. The highest BCUT2D eigenvalue weighted by molar-refractivity contribution is 7.86. The molecule has 3 nitrogen and oxygen atoms in total. The quantitative estimate of drug-likeness (QED) is 0.352. The first-order valence-electron chi connectivity index (χ1n) is 6.81. The maximum absolute atomic E-state index is 10.7. The van der Waals surface area contributed by atoms with E-state index in [0.717, 1.165) is 5.02 Å². The maximum Gasteiger partial charge on any atom is 0.485 e. The summed E-state index contributed by atoms with van der Waals surface area (Å²) < 4.78 is 61.8. The van der Waals surface area contributed by atoms with E-state index < -0.39 is 15.6 Å². The number of halogens is 5. The Morgan fingerprint density at radius 3 is 1.92 bits per heavy atom. The first-order chi connectivity index (χ1) is 11.3. The molecule has 9 heteroatoms. The van der Waals surface area contributed by atoms with Crippen LogP contribution < -0.4 is 21.2 Å². The molecule has 0 spiro atoms. The molecule has 0 aromatic heterocycles. The van der Waals surface area contributed by atoms with E-state index in [1.165, 1.54) is 23.8 Å². The lowest BCUT2D eigenvalue weighted by Crippen LogP contribution is -3.62. The van der Waals surface area contributed by atoms with Crippen LogP contribution in [0, 0.1) is 27.9 Å². The molecule has 0 atom stereocenters. The minimum atomic E-state index is -6.09. The smallest absolute Gasteiger partial charge is 0.485 e. The summed E-state index contributed by atoms with van der Waals surface area (Å²) in [7, 11) is -6.09. The molecule has 0 aliphatic carbocycles. The third-order valence-electron chi connectivity index (χ3n) is 2.85. The zero-order valence-corrected chi connectivity index (χ0v) is 17.2. The van der Waals surface area contributed by atoms with Gasteiger partial charge in [-0.2, -0.15) is 13.2 Å². The van der Waals surface area contributed by atoms with Crippen molar-refractivity contribution >= 4 is 21.7 Å². The van der Waals surface area contributed by atoms with Crippen LogP contribution in [-0.2, 0) is 10.1 Å². The van der Waals surface area contributed by atoms with Crippen LogP contribution in [0.15, 0.2) is 36.4 Å². The molecule has 0 bridgehead atoms. The summed E-state index contributed by atoms with van der Waals surface area (Å²) in [4.78, 5) is 0. The van der Waals surface area contributed by atoms with Crippen molar-refractivity contribution in [1.29, 1.82) is 0 Å². The van der Waals surface area contributed by atoms with Gasteiger partial charge in [0.05, 0.1) is 0 Å². The van der Waals surface area contributed by atoms with Crippen LogP contribution in [0.3, 0.4) is 0 Å². The molecule has 0 saturated heterocycles. The third-order valence-corrected chi connectivity index (χ3v) is 7.19. The fourth-order valence-corrected chi connectivity index (χ4v) is 4.98. The predicted octanol–water partition coefficient (Wildman–Crippen LogP) is 1.45. The van der Waals surface area contributed by atoms with Crippen molar-refractivity contribution in [3.8, 4) is 0 Å². The summed E-state index contributed by atoms with van der Waals surface area (Å²) >= 11 is 5.90. The Kier molecular flexibility index (Phi) is 7.72. The maximum atomic E-state index is 10.7. The van der Waals surface area contributed by atoms with E-state index in [2.05, 4.69) is 45.0 Å². The Morgan fingerprint density at radius 1 is 1.04 bits per heavy atom. The fraction of sp³-hybridized carbons (Fsp3) is 0.250. The first-order valence-corrected chi connectivity index (χ1v) is 10.8. The van der Waals surface area contributed by atoms with Crippen molar-refractivity contribution in [2.75, 3.05) is 0 Å². The van der Waals surface area contributed by atoms with Gasteiger partial charge in [0.25, 0.3) is 0 Å². The van der Waals surface area contributed by atoms with Gasteiger partial charge in [-0.05, 0) is 32.9 Å². The molecular formula is C16H15ClF3IO3S. The SMILES string of the molecule is Cc1cc(C)c([I+]c2cccc(Cl)c2)c(C)c1.O=S(=O)([O-])C(F)(F)F. The minimum absolute atomic E-state index is 0.129. The van der Waals surface area contributed by atoms with Gasteiger partial charge >= 0.3 is 26.7 Å². The minimum Gasteiger partial charge on any atom is -0.741 e. The van der Waals surface area contributed by atoms with Crippen molar-refractivity contribution < 1.29 is 47.3 Å². The fourth-order valence-electron chi connectivity index (χ4n) is 1.94. The molecule has 0 saturated carbocycles. The second-order valence-corrected chi connectivity index (χ2v) is 9.82. The molecule has 0 radical (unpaired) electrons. The topological polar surface area (TPSA) is 57.2 Å². The predicted molar refractivity (Wildman–Crippen MR) is 85.3 cm³/mol. The lowest BCUT2D eigenvalue weighted by molar-refractivity contribution is -0.598. The number of hydrogen-bond donors (Lipinski definition) is 0. The van der Waals surface area contributed by atoms with E-state index in [4.69, 9.17) is 24.6 Å². The van der Waals surface area contributed by atoms with Crippen LogP contribution in [0.25, 0.3) is 0 Å². The Bertz CT molecular complexity index is 829. The van der Waals surface area contributed by atoms with Crippen LogP contribution in [-0.4, -0.2) is 18.5 Å². The van der Waals surface area contributed by atoms with Crippen molar-refractivity contribution in [3.63, 3.8) is 0 Å². The normalized spacial score (nSPS) is 11.7. The van der Waals surface area contributed by atoms with Gasteiger partial charge in [-0.15, -0.1) is 0 Å². The number of rotatable bonds is 2. The summed E-state index contributed by atoms with van der Waals surface area (Å²) in [5.41, 5.74) is -1.48. The molecule has 0 aliphatic rings. The number of aryl methyl sites for hydroxylation is 3. The second-order valence-electron chi connectivity index (χ2n) is 5.15. The summed E-state index contributed by atoms with van der Waals surface area (Å²) in [6.45, 7) is 6.57. The van der Waals surface area contributed by atoms with Crippen molar-refractivity contribution in [2.45, 2.75) is 26.3 Å². The van der Waals surface area contributed by atoms with Gasteiger partial charge in [-0.3, -0.25) is 0 Å². The number of hydrogen-bond acceptors (Lipinski definition) is 3. The van der Waals surface area contributed by atoms with Crippen molar-refractivity contribution in [3.05, 3.63) is 65.3 Å². The van der Waals surface area contributed by atoms with Crippen LogP contribution >= 0.6 is 11.6 Å². The zero-order chi connectivity index (χ0) is 19.4. The molecule has 0 aliphatic heterocycles. The van der Waals surface area contributed by atoms with Gasteiger partial charge in [0.2, 0.25) is 0 Å². The second kappa shape index (κ2) is 8.70. The highest BCUT2D eigenvalue weighted by atomic mass is 127. The molecular weight excluding hydrogens is 492 g/mol. The summed E-state index contributed by atoms with van der Waals surface area (Å²) in [5.74, 6) is 0. The first kappa shape index (κ1) is 22.2. The van der Waals surface area contributed by atoms with E-state index in [9.17, 15) is 13.2 Å². The van der Waals surface area contributed by atoms with Crippen molar-refractivity contribution in [2.24, 2.45) is 0 Å². The summed E-state index contributed by atoms with van der Waals surface area (Å²) in [6.07, 6.45) is 0. The lowest BCUT2D eigenvalue weighted by atomic mass is 10.1. The van der Waals surface area contributed by atoms with Gasteiger partial charge in [0, 0.05) is 22.2 Å². The van der Waals surface area contributed by atoms with E-state index >= 15 is 0 Å². The average molecular weight is 507 g/mol. The summed E-state index contributed by atoms with van der Waals surface area (Å²) in [6, 6.07) is 12.8. The molecule has 0 unspecified atom stereocenters. The molecule has 0 amide bonds. The highest BCUT2D eigenvalue weighted by Crippen LogP contribution is 2.20. The Balaban J connectivity index is 0.000000333. The largest absolute Gasteiger partial charge is 0.741 e. The van der Waals surface area contributed by atoms with Crippen molar-refractivity contribution in [1.82, 2.24) is 0 Å². The average Bonchev–Trinajstić information content (AvgIpc) is 2.41. The standard InChI is InChI=1S/C15H15ClI.CHF3O3S/c1-10-7-11(2)15(12(3)8-10)17-14-6-4-5-13(16)9-14;2-1(3,4)8(5,6)7/h4-9H,1-3H3;(H,5,6,7)/q+1;/p-1. The van der Waals surface area contributed by atoms with Crippen LogP contribution in [0.1, 0.15) is 16.7 Å². The van der Waals surface area contributed by atoms with Crippen LogP contribution in [0.5, 0.6) is 0 Å². The molecule has 0 fully saturated rings. The highest BCUT2D eigenvalue weighted by Gasteiger charge is 2.36. The monoisotopic (exact) mass is 506 g/mol. The van der Waals surface area contributed by atoms with Gasteiger partial charge < -0.3 is 4.55 Å². The molecule has 138 valence electrons. The van der Waals surface area contributed by atoms with Gasteiger partial charge in [-0.25, -0.2) is 8.42 Å². The molecule has 0 N–H and O–H groups in total. The molecule has 25 heavy (non-hydrogen) atoms. The molecule has 2 aromatic carbocycles.